The van der Waals surface area contributed by atoms with Crippen LogP contribution in [0.5, 0.6) is 0 Å². The molecule has 0 spiro atoms. The van der Waals surface area contributed by atoms with E-state index < -0.39 is 5.60 Å². The number of carbonyl (C=O) groups is 1. The SMILES string of the molecule is CCCC(CC)NC1CCCCC1CNC(=O)OC(C)(C)C. The maximum Gasteiger partial charge on any atom is 0.407 e. The Labute approximate surface area is 136 Å². The number of alkyl carbamates (subject to hydrolysis) is 1. The van der Waals surface area contributed by atoms with E-state index in [1.54, 1.807) is 0 Å². The molecule has 3 atom stereocenters. The minimum Gasteiger partial charge on any atom is -0.444 e. The van der Waals surface area contributed by atoms with Gasteiger partial charge in [-0.3, -0.25) is 0 Å². The van der Waals surface area contributed by atoms with Crippen LogP contribution in [0, 0.1) is 5.92 Å². The molecule has 130 valence electrons. The fourth-order valence-electron chi connectivity index (χ4n) is 3.26. The monoisotopic (exact) mass is 312 g/mol. The first-order valence-corrected chi connectivity index (χ1v) is 9.08. The van der Waals surface area contributed by atoms with Gasteiger partial charge >= 0.3 is 6.09 Å². The summed E-state index contributed by atoms with van der Waals surface area (Å²) in [5.74, 6) is 0.521. The Morgan fingerprint density at radius 1 is 1.23 bits per heavy atom. The highest BCUT2D eigenvalue weighted by Crippen LogP contribution is 2.25. The van der Waals surface area contributed by atoms with Gasteiger partial charge in [0, 0.05) is 18.6 Å². The lowest BCUT2D eigenvalue weighted by atomic mass is 9.83. The summed E-state index contributed by atoms with van der Waals surface area (Å²) in [7, 11) is 0. The molecular formula is C18H36N2O2. The van der Waals surface area contributed by atoms with Gasteiger partial charge in [-0.05, 0) is 52.4 Å². The van der Waals surface area contributed by atoms with Gasteiger partial charge in [0.25, 0.3) is 0 Å². The molecule has 0 aromatic rings. The van der Waals surface area contributed by atoms with Gasteiger partial charge in [0.15, 0.2) is 0 Å². The third kappa shape index (κ3) is 7.48. The molecular weight excluding hydrogens is 276 g/mol. The second-order valence-corrected chi connectivity index (χ2v) is 7.59. The van der Waals surface area contributed by atoms with Gasteiger partial charge in [0.2, 0.25) is 0 Å². The molecule has 0 heterocycles. The van der Waals surface area contributed by atoms with E-state index in [0.29, 0.717) is 18.0 Å². The molecule has 4 nitrogen and oxygen atoms in total. The van der Waals surface area contributed by atoms with Crippen molar-refractivity contribution in [1.82, 2.24) is 10.6 Å². The van der Waals surface area contributed by atoms with E-state index >= 15 is 0 Å². The number of amides is 1. The number of carbonyl (C=O) groups excluding carboxylic acids is 1. The van der Waals surface area contributed by atoms with Crippen LogP contribution >= 0.6 is 0 Å². The van der Waals surface area contributed by atoms with Crippen molar-refractivity contribution in [3.05, 3.63) is 0 Å². The lowest BCUT2D eigenvalue weighted by Crippen LogP contribution is -2.48. The van der Waals surface area contributed by atoms with Crippen LogP contribution in [0.4, 0.5) is 4.79 Å². The number of ether oxygens (including phenoxy) is 1. The van der Waals surface area contributed by atoms with Crippen LogP contribution in [0.25, 0.3) is 0 Å². The van der Waals surface area contributed by atoms with Crippen LogP contribution in [0.1, 0.15) is 79.6 Å². The minimum absolute atomic E-state index is 0.294. The fraction of sp³-hybridized carbons (Fsp3) is 0.944. The molecule has 0 aromatic heterocycles. The van der Waals surface area contributed by atoms with Crippen molar-refractivity contribution in [2.24, 2.45) is 5.92 Å². The standard InChI is InChI=1S/C18H36N2O2/c1-6-10-15(7-2)20-16-12-9-8-11-14(16)13-19-17(21)22-18(3,4)5/h14-16,20H,6-13H2,1-5H3,(H,19,21). The average molecular weight is 312 g/mol. The van der Waals surface area contributed by atoms with Crippen LogP contribution in [0.3, 0.4) is 0 Å². The smallest absolute Gasteiger partial charge is 0.407 e. The van der Waals surface area contributed by atoms with Gasteiger partial charge in [-0.15, -0.1) is 0 Å². The highest BCUT2D eigenvalue weighted by molar-refractivity contribution is 5.67. The Morgan fingerprint density at radius 3 is 2.50 bits per heavy atom. The van der Waals surface area contributed by atoms with Crippen molar-refractivity contribution < 1.29 is 9.53 Å². The first kappa shape index (κ1) is 19.3. The second-order valence-electron chi connectivity index (χ2n) is 7.59. The van der Waals surface area contributed by atoms with Crippen molar-refractivity contribution >= 4 is 6.09 Å². The average Bonchev–Trinajstić information content (AvgIpc) is 2.44. The molecule has 1 amide bonds. The minimum atomic E-state index is -0.428. The predicted octanol–water partition coefficient (Wildman–Crippen LogP) is 4.24. The van der Waals surface area contributed by atoms with Crippen molar-refractivity contribution in [2.75, 3.05) is 6.54 Å². The van der Waals surface area contributed by atoms with Crippen molar-refractivity contribution in [3.8, 4) is 0 Å². The Balaban J connectivity index is 2.46. The van der Waals surface area contributed by atoms with Crippen LogP contribution in [-0.2, 0) is 4.74 Å². The first-order chi connectivity index (χ1) is 10.4. The van der Waals surface area contributed by atoms with Gasteiger partial charge in [-0.1, -0.05) is 33.1 Å². The molecule has 0 aromatic carbocycles. The fourth-order valence-corrected chi connectivity index (χ4v) is 3.26. The first-order valence-electron chi connectivity index (χ1n) is 9.08. The molecule has 1 saturated carbocycles. The van der Waals surface area contributed by atoms with Crippen LogP contribution < -0.4 is 10.6 Å². The van der Waals surface area contributed by atoms with Gasteiger partial charge < -0.3 is 15.4 Å². The van der Waals surface area contributed by atoms with E-state index in [0.717, 1.165) is 6.54 Å². The second kappa shape index (κ2) is 9.39. The molecule has 1 aliphatic carbocycles. The molecule has 1 aliphatic rings. The van der Waals surface area contributed by atoms with Gasteiger partial charge in [0.05, 0.1) is 0 Å². The Bertz CT molecular complexity index is 326. The lowest BCUT2D eigenvalue weighted by Gasteiger charge is -2.35. The summed E-state index contributed by atoms with van der Waals surface area (Å²) in [6.07, 6.45) is 8.32. The molecule has 2 N–H and O–H groups in total. The maximum absolute atomic E-state index is 11.8. The predicted molar refractivity (Wildman–Crippen MR) is 92.1 cm³/mol. The molecule has 22 heavy (non-hydrogen) atoms. The Kier molecular flexibility index (Phi) is 8.23. The highest BCUT2D eigenvalue weighted by atomic mass is 16.6. The molecule has 0 saturated heterocycles. The molecule has 1 rings (SSSR count). The normalized spacial score (nSPS) is 23.9. The van der Waals surface area contributed by atoms with Crippen molar-refractivity contribution in [1.29, 1.82) is 0 Å². The number of nitrogens with one attached hydrogen (secondary N) is 2. The van der Waals surface area contributed by atoms with Crippen molar-refractivity contribution in [3.63, 3.8) is 0 Å². The number of hydrogen-bond donors (Lipinski definition) is 2. The summed E-state index contributed by atoms with van der Waals surface area (Å²) in [4.78, 5) is 11.8. The molecule has 3 unspecified atom stereocenters. The summed E-state index contributed by atoms with van der Waals surface area (Å²) in [5.41, 5.74) is -0.428. The molecule has 0 radical (unpaired) electrons. The van der Waals surface area contributed by atoms with E-state index in [9.17, 15) is 4.79 Å². The third-order valence-corrected chi connectivity index (χ3v) is 4.40. The lowest BCUT2D eigenvalue weighted by molar-refractivity contribution is 0.0509. The summed E-state index contributed by atoms with van der Waals surface area (Å²) >= 11 is 0. The quantitative estimate of drug-likeness (QED) is 0.739. The Hall–Kier alpha value is -0.770. The summed E-state index contributed by atoms with van der Waals surface area (Å²) < 4.78 is 5.33. The largest absolute Gasteiger partial charge is 0.444 e. The molecule has 1 fully saturated rings. The molecule has 0 bridgehead atoms. The highest BCUT2D eigenvalue weighted by Gasteiger charge is 2.27. The van der Waals surface area contributed by atoms with E-state index in [1.165, 1.54) is 44.9 Å². The topological polar surface area (TPSA) is 50.4 Å². The Morgan fingerprint density at radius 2 is 1.91 bits per heavy atom. The van der Waals surface area contributed by atoms with Gasteiger partial charge in [-0.25, -0.2) is 4.79 Å². The van der Waals surface area contributed by atoms with Crippen LogP contribution in [0.15, 0.2) is 0 Å². The zero-order valence-corrected chi connectivity index (χ0v) is 15.2. The van der Waals surface area contributed by atoms with E-state index in [2.05, 4.69) is 24.5 Å². The summed E-state index contributed by atoms with van der Waals surface area (Å²) in [6.45, 7) is 10.9. The summed E-state index contributed by atoms with van der Waals surface area (Å²) in [6, 6.07) is 1.14. The van der Waals surface area contributed by atoms with E-state index in [4.69, 9.17) is 4.74 Å². The molecule has 0 aliphatic heterocycles. The number of rotatable bonds is 7. The molecule has 4 heteroatoms. The van der Waals surface area contributed by atoms with E-state index in [1.807, 2.05) is 20.8 Å². The third-order valence-electron chi connectivity index (χ3n) is 4.40. The van der Waals surface area contributed by atoms with Crippen molar-refractivity contribution in [2.45, 2.75) is 97.2 Å². The zero-order chi connectivity index (χ0) is 16.6. The van der Waals surface area contributed by atoms with E-state index in [-0.39, 0.29) is 6.09 Å². The van der Waals surface area contributed by atoms with Gasteiger partial charge in [0.1, 0.15) is 5.60 Å². The van der Waals surface area contributed by atoms with Gasteiger partial charge in [-0.2, -0.15) is 0 Å². The zero-order valence-electron chi connectivity index (χ0n) is 15.2. The number of hydrogen-bond acceptors (Lipinski definition) is 3. The maximum atomic E-state index is 11.8. The van der Waals surface area contributed by atoms with Crippen LogP contribution in [0.2, 0.25) is 0 Å². The summed E-state index contributed by atoms with van der Waals surface area (Å²) in [5, 5.41) is 6.80. The van der Waals surface area contributed by atoms with Crippen LogP contribution in [-0.4, -0.2) is 30.3 Å².